The number of hydrogen-bond acceptors (Lipinski definition) is 4. The average molecular weight is 401 g/mol. The SMILES string of the molecule is COc1cc(/C=C/C(=O)N[C@H]2CC[C@H](C)CC2)ccc1OCCN1CCCCC1. The summed E-state index contributed by atoms with van der Waals surface area (Å²) >= 11 is 0. The zero-order chi connectivity index (χ0) is 20.5. The Morgan fingerprint density at radius 1 is 1.14 bits per heavy atom. The van der Waals surface area contributed by atoms with Gasteiger partial charge >= 0.3 is 0 Å². The second kappa shape index (κ2) is 11.2. The molecule has 160 valence electrons. The van der Waals surface area contributed by atoms with Crippen LogP contribution in [-0.2, 0) is 4.79 Å². The number of likely N-dealkylation sites (tertiary alicyclic amines) is 1. The average Bonchev–Trinajstić information content (AvgIpc) is 2.75. The molecule has 1 N–H and O–H groups in total. The van der Waals surface area contributed by atoms with Crippen LogP contribution in [0.4, 0.5) is 0 Å². The monoisotopic (exact) mass is 400 g/mol. The Hall–Kier alpha value is -2.01. The molecule has 3 rings (SSSR count). The molecule has 1 saturated heterocycles. The number of benzene rings is 1. The number of carbonyl (C=O) groups excluding carboxylic acids is 1. The molecule has 1 aliphatic carbocycles. The fraction of sp³-hybridized carbons (Fsp3) is 0.625. The molecule has 1 heterocycles. The summed E-state index contributed by atoms with van der Waals surface area (Å²) in [4.78, 5) is 14.7. The Kier molecular flexibility index (Phi) is 8.41. The van der Waals surface area contributed by atoms with Crippen LogP contribution in [0.15, 0.2) is 24.3 Å². The fourth-order valence-electron chi connectivity index (χ4n) is 4.20. The Labute approximate surface area is 175 Å². The Morgan fingerprint density at radius 3 is 2.62 bits per heavy atom. The number of hydrogen-bond donors (Lipinski definition) is 1. The minimum Gasteiger partial charge on any atom is -0.493 e. The molecular weight excluding hydrogens is 364 g/mol. The number of rotatable bonds is 8. The van der Waals surface area contributed by atoms with E-state index in [0.717, 1.165) is 36.6 Å². The van der Waals surface area contributed by atoms with E-state index in [0.29, 0.717) is 18.4 Å². The summed E-state index contributed by atoms with van der Waals surface area (Å²) in [6.07, 6.45) is 11.9. The number of nitrogens with zero attached hydrogens (tertiary/aromatic N) is 1. The third-order valence-electron chi connectivity index (χ3n) is 6.09. The first-order valence-corrected chi connectivity index (χ1v) is 11.2. The smallest absolute Gasteiger partial charge is 0.244 e. The van der Waals surface area contributed by atoms with Crippen molar-refractivity contribution in [3.8, 4) is 11.5 Å². The van der Waals surface area contributed by atoms with Gasteiger partial charge in [-0.1, -0.05) is 19.4 Å². The van der Waals surface area contributed by atoms with E-state index in [-0.39, 0.29) is 5.91 Å². The first kappa shape index (κ1) is 21.7. The van der Waals surface area contributed by atoms with Crippen LogP contribution in [0.25, 0.3) is 6.08 Å². The lowest BCUT2D eigenvalue weighted by molar-refractivity contribution is -0.117. The number of nitrogens with one attached hydrogen (secondary N) is 1. The second-order valence-corrected chi connectivity index (χ2v) is 8.46. The van der Waals surface area contributed by atoms with E-state index in [4.69, 9.17) is 9.47 Å². The van der Waals surface area contributed by atoms with Crippen LogP contribution in [0, 0.1) is 5.92 Å². The van der Waals surface area contributed by atoms with Gasteiger partial charge in [-0.15, -0.1) is 0 Å². The maximum absolute atomic E-state index is 12.2. The molecule has 2 fully saturated rings. The van der Waals surface area contributed by atoms with Gasteiger partial charge in [-0.3, -0.25) is 9.69 Å². The van der Waals surface area contributed by atoms with Gasteiger partial charge in [0.25, 0.3) is 0 Å². The predicted octanol–water partition coefficient (Wildman–Crippen LogP) is 4.27. The van der Waals surface area contributed by atoms with Crippen molar-refractivity contribution in [3.63, 3.8) is 0 Å². The highest BCUT2D eigenvalue weighted by Crippen LogP contribution is 2.29. The number of methoxy groups -OCH3 is 1. The van der Waals surface area contributed by atoms with E-state index in [1.165, 1.54) is 45.2 Å². The molecule has 2 aliphatic rings. The minimum atomic E-state index is -0.0228. The molecule has 1 aromatic carbocycles. The van der Waals surface area contributed by atoms with Gasteiger partial charge in [0.2, 0.25) is 5.91 Å². The predicted molar refractivity (Wildman–Crippen MR) is 117 cm³/mol. The molecule has 5 nitrogen and oxygen atoms in total. The van der Waals surface area contributed by atoms with Crippen molar-refractivity contribution in [2.45, 2.75) is 57.9 Å². The van der Waals surface area contributed by atoms with Gasteiger partial charge in [-0.05, 0) is 81.3 Å². The number of piperidine rings is 1. The molecule has 1 aromatic rings. The first-order valence-electron chi connectivity index (χ1n) is 11.2. The lowest BCUT2D eigenvalue weighted by Crippen LogP contribution is -2.36. The number of ether oxygens (including phenoxy) is 2. The molecule has 1 saturated carbocycles. The summed E-state index contributed by atoms with van der Waals surface area (Å²) in [5, 5.41) is 3.12. The van der Waals surface area contributed by atoms with E-state index < -0.39 is 0 Å². The fourth-order valence-corrected chi connectivity index (χ4v) is 4.20. The highest BCUT2D eigenvalue weighted by Gasteiger charge is 2.18. The first-order chi connectivity index (χ1) is 14.1. The largest absolute Gasteiger partial charge is 0.493 e. The summed E-state index contributed by atoms with van der Waals surface area (Å²) in [6.45, 7) is 6.24. The van der Waals surface area contributed by atoms with Crippen molar-refractivity contribution >= 4 is 12.0 Å². The molecule has 0 atom stereocenters. The normalized spacial score (nSPS) is 23.1. The van der Waals surface area contributed by atoms with Crippen molar-refractivity contribution in [1.29, 1.82) is 0 Å². The lowest BCUT2D eigenvalue weighted by Gasteiger charge is -2.26. The Morgan fingerprint density at radius 2 is 1.90 bits per heavy atom. The highest BCUT2D eigenvalue weighted by atomic mass is 16.5. The van der Waals surface area contributed by atoms with Gasteiger partial charge in [-0.2, -0.15) is 0 Å². The van der Waals surface area contributed by atoms with E-state index >= 15 is 0 Å². The van der Waals surface area contributed by atoms with Crippen LogP contribution in [0.5, 0.6) is 11.5 Å². The van der Waals surface area contributed by atoms with Crippen LogP contribution in [-0.4, -0.2) is 50.2 Å². The van der Waals surface area contributed by atoms with Gasteiger partial charge in [0, 0.05) is 18.7 Å². The Balaban J connectivity index is 1.48. The van der Waals surface area contributed by atoms with Crippen molar-refractivity contribution < 1.29 is 14.3 Å². The molecule has 0 aromatic heterocycles. The van der Waals surface area contributed by atoms with Crippen molar-refractivity contribution in [2.75, 3.05) is 33.4 Å². The summed E-state index contributed by atoms with van der Waals surface area (Å²) in [5.41, 5.74) is 0.928. The van der Waals surface area contributed by atoms with Gasteiger partial charge in [-0.25, -0.2) is 0 Å². The van der Waals surface area contributed by atoms with Gasteiger partial charge < -0.3 is 14.8 Å². The zero-order valence-electron chi connectivity index (χ0n) is 18.0. The summed E-state index contributed by atoms with van der Waals surface area (Å²) in [7, 11) is 1.65. The van der Waals surface area contributed by atoms with Crippen LogP contribution in [0.1, 0.15) is 57.4 Å². The van der Waals surface area contributed by atoms with Crippen molar-refractivity contribution in [1.82, 2.24) is 10.2 Å². The van der Waals surface area contributed by atoms with E-state index in [2.05, 4.69) is 17.1 Å². The maximum Gasteiger partial charge on any atom is 0.244 e. The zero-order valence-corrected chi connectivity index (χ0v) is 18.0. The molecule has 29 heavy (non-hydrogen) atoms. The standard InChI is InChI=1S/C24H36N2O3/c1-19-6-10-21(11-7-19)25-24(27)13-9-20-8-12-22(23(18-20)28-2)29-17-16-26-14-4-3-5-15-26/h8-9,12-13,18-19,21H,3-7,10-11,14-17H2,1-2H3,(H,25,27)/b13-9+/t19-,21-. The molecule has 1 amide bonds. The molecule has 0 unspecified atom stereocenters. The second-order valence-electron chi connectivity index (χ2n) is 8.46. The topological polar surface area (TPSA) is 50.8 Å². The summed E-state index contributed by atoms with van der Waals surface area (Å²) < 4.78 is 11.4. The highest BCUT2D eigenvalue weighted by molar-refractivity contribution is 5.92. The van der Waals surface area contributed by atoms with Crippen molar-refractivity contribution in [3.05, 3.63) is 29.8 Å². The summed E-state index contributed by atoms with van der Waals surface area (Å²) in [5.74, 6) is 2.21. The number of amides is 1. The lowest BCUT2D eigenvalue weighted by atomic mass is 9.87. The summed E-state index contributed by atoms with van der Waals surface area (Å²) in [6, 6.07) is 6.12. The van der Waals surface area contributed by atoms with Gasteiger partial charge in [0.05, 0.1) is 7.11 Å². The van der Waals surface area contributed by atoms with Crippen LogP contribution in [0.3, 0.4) is 0 Å². The van der Waals surface area contributed by atoms with Crippen molar-refractivity contribution in [2.24, 2.45) is 5.92 Å². The van der Waals surface area contributed by atoms with Crippen LogP contribution < -0.4 is 14.8 Å². The molecule has 0 spiro atoms. The molecule has 1 aliphatic heterocycles. The maximum atomic E-state index is 12.2. The number of carbonyl (C=O) groups is 1. The van der Waals surface area contributed by atoms with Crippen LogP contribution in [0.2, 0.25) is 0 Å². The quantitative estimate of drug-likeness (QED) is 0.662. The third kappa shape index (κ3) is 7.07. The Bertz CT molecular complexity index is 675. The molecule has 0 radical (unpaired) electrons. The van der Waals surface area contributed by atoms with Gasteiger partial charge in [0.1, 0.15) is 6.61 Å². The third-order valence-corrected chi connectivity index (χ3v) is 6.09. The van der Waals surface area contributed by atoms with E-state index in [1.807, 2.05) is 24.3 Å². The minimum absolute atomic E-state index is 0.0228. The molecule has 5 heteroatoms. The van der Waals surface area contributed by atoms with E-state index in [9.17, 15) is 4.79 Å². The molecule has 0 bridgehead atoms. The van der Waals surface area contributed by atoms with Gasteiger partial charge in [0.15, 0.2) is 11.5 Å². The van der Waals surface area contributed by atoms with E-state index in [1.54, 1.807) is 13.2 Å². The van der Waals surface area contributed by atoms with Crippen LogP contribution >= 0.6 is 0 Å². The molecular formula is C24H36N2O3.